The van der Waals surface area contributed by atoms with Crippen molar-refractivity contribution >= 4 is 0 Å². The number of hydrogen-bond acceptors (Lipinski definition) is 6. The Kier molecular flexibility index (Phi) is 7.97. The van der Waals surface area contributed by atoms with Crippen LogP contribution in [0.1, 0.15) is 62.4 Å². The highest BCUT2D eigenvalue weighted by Crippen LogP contribution is 2.36. The molecule has 0 radical (unpaired) electrons. The maximum Gasteiger partial charge on any atom is 0.435 e. The number of alkyl halides is 3. The SMILES string of the molecule is Cc1cc(-c2cccc(-c3cccc(-c4cccc(-c5cc(C(F)(F)F)nn5C5CCCCO5)n4)c3)n2)n(C2CCCCO2)n1. The topological polar surface area (TPSA) is 79.9 Å². The minimum absolute atomic E-state index is 0.109. The van der Waals surface area contributed by atoms with E-state index in [2.05, 4.69) is 5.10 Å². The van der Waals surface area contributed by atoms with E-state index in [9.17, 15) is 13.2 Å². The van der Waals surface area contributed by atoms with Gasteiger partial charge in [-0.15, -0.1) is 0 Å². The third kappa shape index (κ3) is 6.14. The van der Waals surface area contributed by atoms with E-state index in [0.29, 0.717) is 24.4 Å². The molecule has 4 aromatic heterocycles. The van der Waals surface area contributed by atoms with Crippen LogP contribution in [0.25, 0.3) is 45.3 Å². The van der Waals surface area contributed by atoms with Gasteiger partial charge in [0.05, 0.1) is 39.9 Å². The number of pyridine rings is 2. The second-order valence-corrected chi connectivity index (χ2v) is 11.5. The Bertz CT molecular complexity index is 1800. The Morgan fingerprint density at radius 3 is 1.69 bits per heavy atom. The van der Waals surface area contributed by atoms with Crippen LogP contribution in [0, 0.1) is 6.92 Å². The molecular weight excluding hydrogens is 581 g/mol. The number of aryl methyl sites for hydroxylation is 1. The zero-order chi connectivity index (χ0) is 31.0. The van der Waals surface area contributed by atoms with Crippen molar-refractivity contribution in [3.05, 3.63) is 84.2 Å². The van der Waals surface area contributed by atoms with Crippen LogP contribution >= 0.6 is 0 Å². The van der Waals surface area contributed by atoms with Gasteiger partial charge in [0.15, 0.2) is 18.1 Å². The molecule has 1 aromatic carbocycles. The standard InChI is InChI=1S/C34H33F3N6O2/c1-22-19-29(42(40-22)32-15-2-4-17-44-32)27-13-7-11-25(38-27)23-9-6-10-24(20-23)26-12-8-14-28(39-26)30-21-31(34(35,36)37)41-43(30)33-16-3-5-18-45-33/h6-14,19-21,32-33H,2-5,15-18H2,1H3. The van der Waals surface area contributed by atoms with Crippen LogP contribution in [-0.2, 0) is 15.7 Å². The number of hydrogen-bond donors (Lipinski definition) is 0. The molecule has 2 aliphatic rings. The predicted molar refractivity (Wildman–Crippen MR) is 163 cm³/mol. The molecule has 7 rings (SSSR count). The van der Waals surface area contributed by atoms with Crippen molar-refractivity contribution in [1.29, 1.82) is 0 Å². The van der Waals surface area contributed by atoms with Gasteiger partial charge in [-0.25, -0.2) is 19.3 Å². The van der Waals surface area contributed by atoms with Crippen molar-refractivity contribution in [3.8, 4) is 45.3 Å². The Morgan fingerprint density at radius 1 is 0.644 bits per heavy atom. The molecule has 6 heterocycles. The van der Waals surface area contributed by atoms with E-state index in [1.165, 1.54) is 4.68 Å². The lowest BCUT2D eigenvalue weighted by atomic mass is 10.0. The van der Waals surface area contributed by atoms with Crippen LogP contribution in [0.5, 0.6) is 0 Å². The summed E-state index contributed by atoms with van der Waals surface area (Å²) in [6.45, 7) is 3.17. The van der Waals surface area contributed by atoms with Crippen LogP contribution in [0.15, 0.2) is 72.8 Å². The molecule has 45 heavy (non-hydrogen) atoms. The highest BCUT2D eigenvalue weighted by atomic mass is 19.4. The van der Waals surface area contributed by atoms with Crippen molar-refractivity contribution in [1.82, 2.24) is 29.5 Å². The molecular formula is C34H33F3N6O2. The fraction of sp³-hybridized carbons (Fsp3) is 0.353. The molecule has 0 N–H and O–H groups in total. The fourth-order valence-corrected chi connectivity index (χ4v) is 6.02. The highest BCUT2D eigenvalue weighted by Gasteiger charge is 2.36. The molecule has 2 saturated heterocycles. The quantitative estimate of drug-likeness (QED) is 0.192. The molecule has 232 valence electrons. The molecule has 2 fully saturated rings. The van der Waals surface area contributed by atoms with Crippen molar-refractivity contribution in [2.75, 3.05) is 13.2 Å². The lowest BCUT2D eigenvalue weighted by molar-refractivity contribution is -0.142. The summed E-state index contributed by atoms with van der Waals surface area (Å²) in [4.78, 5) is 9.80. The monoisotopic (exact) mass is 614 g/mol. The first-order valence-corrected chi connectivity index (χ1v) is 15.4. The van der Waals surface area contributed by atoms with Gasteiger partial charge in [-0.1, -0.05) is 30.3 Å². The molecule has 2 unspecified atom stereocenters. The van der Waals surface area contributed by atoms with E-state index in [1.54, 1.807) is 12.1 Å². The second kappa shape index (κ2) is 12.2. The fourth-order valence-electron chi connectivity index (χ4n) is 6.02. The van der Waals surface area contributed by atoms with Gasteiger partial charge in [-0.3, -0.25) is 0 Å². The van der Waals surface area contributed by atoms with Crippen LogP contribution in [0.2, 0.25) is 0 Å². The number of nitrogens with zero attached hydrogens (tertiary/aromatic N) is 6. The maximum atomic E-state index is 13.7. The van der Waals surface area contributed by atoms with E-state index in [1.807, 2.05) is 66.2 Å². The summed E-state index contributed by atoms with van der Waals surface area (Å²) >= 11 is 0. The van der Waals surface area contributed by atoms with Gasteiger partial charge in [0, 0.05) is 24.3 Å². The summed E-state index contributed by atoms with van der Waals surface area (Å²) in [5.74, 6) is 0. The lowest BCUT2D eigenvalue weighted by Gasteiger charge is -2.24. The molecule has 11 heteroatoms. The normalized spacial score (nSPS) is 19.1. The van der Waals surface area contributed by atoms with Crippen molar-refractivity contribution in [2.24, 2.45) is 0 Å². The second-order valence-electron chi connectivity index (χ2n) is 11.5. The molecule has 0 aliphatic carbocycles. The number of benzene rings is 1. The Morgan fingerprint density at radius 2 is 1.16 bits per heavy atom. The van der Waals surface area contributed by atoms with Gasteiger partial charge < -0.3 is 9.47 Å². The summed E-state index contributed by atoms with van der Waals surface area (Å²) in [5.41, 5.74) is 5.42. The van der Waals surface area contributed by atoms with Crippen LogP contribution in [0.3, 0.4) is 0 Å². The number of ether oxygens (including phenoxy) is 2. The van der Waals surface area contributed by atoms with Gasteiger partial charge in [-0.05, 0) is 87.9 Å². The third-order valence-electron chi connectivity index (χ3n) is 8.22. The number of halogens is 3. The molecule has 0 amide bonds. The van der Waals surface area contributed by atoms with Crippen molar-refractivity contribution in [3.63, 3.8) is 0 Å². The minimum atomic E-state index is -4.58. The largest absolute Gasteiger partial charge is 0.435 e. The van der Waals surface area contributed by atoms with E-state index >= 15 is 0 Å². The first kappa shape index (κ1) is 29.4. The average Bonchev–Trinajstić information content (AvgIpc) is 3.71. The molecule has 8 nitrogen and oxygen atoms in total. The molecule has 5 aromatic rings. The van der Waals surface area contributed by atoms with Crippen LogP contribution < -0.4 is 0 Å². The molecule has 2 aliphatic heterocycles. The Labute approximate surface area is 258 Å². The van der Waals surface area contributed by atoms with Crippen molar-refractivity contribution < 1.29 is 22.6 Å². The van der Waals surface area contributed by atoms with Crippen molar-refractivity contribution in [2.45, 2.75) is 64.1 Å². The third-order valence-corrected chi connectivity index (χ3v) is 8.22. The average molecular weight is 615 g/mol. The summed E-state index contributed by atoms with van der Waals surface area (Å²) in [5, 5.41) is 8.63. The van der Waals surface area contributed by atoms with Crippen LogP contribution in [-0.4, -0.2) is 42.7 Å². The van der Waals surface area contributed by atoms with Crippen LogP contribution in [0.4, 0.5) is 13.2 Å². The number of rotatable bonds is 6. The molecule has 2 atom stereocenters. The van der Waals surface area contributed by atoms with E-state index in [-0.39, 0.29) is 11.9 Å². The van der Waals surface area contributed by atoms with E-state index < -0.39 is 18.1 Å². The molecule has 0 bridgehead atoms. The summed E-state index contributed by atoms with van der Waals surface area (Å²) in [6.07, 6.45) is 0.129. The van der Waals surface area contributed by atoms with Gasteiger partial charge in [0.1, 0.15) is 0 Å². The zero-order valence-corrected chi connectivity index (χ0v) is 24.9. The van der Waals surface area contributed by atoms with Gasteiger partial charge in [0.25, 0.3) is 0 Å². The van der Waals surface area contributed by atoms with Gasteiger partial charge in [-0.2, -0.15) is 23.4 Å². The van der Waals surface area contributed by atoms with Gasteiger partial charge >= 0.3 is 6.18 Å². The minimum Gasteiger partial charge on any atom is -0.356 e. The molecule has 0 saturated carbocycles. The lowest BCUT2D eigenvalue weighted by Crippen LogP contribution is -2.21. The first-order chi connectivity index (χ1) is 21.8. The van der Waals surface area contributed by atoms with Gasteiger partial charge in [0.2, 0.25) is 0 Å². The Balaban J connectivity index is 1.22. The Hall–Kier alpha value is -4.35. The first-order valence-electron chi connectivity index (χ1n) is 15.4. The maximum absolute atomic E-state index is 13.7. The van der Waals surface area contributed by atoms with E-state index in [4.69, 9.17) is 24.5 Å². The summed E-state index contributed by atoms with van der Waals surface area (Å²) in [6, 6.07) is 22.2. The van der Waals surface area contributed by atoms with E-state index in [0.717, 1.165) is 78.7 Å². The number of aromatic nitrogens is 6. The highest BCUT2D eigenvalue weighted by molar-refractivity contribution is 5.72. The summed E-state index contributed by atoms with van der Waals surface area (Å²) < 4.78 is 56.2. The smallest absolute Gasteiger partial charge is 0.356 e. The molecule has 0 spiro atoms. The predicted octanol–water partition coefficient (Wildman–Crippen LogP) is 8.26. The zero-order valence-electron chi connectivity index (χ0n) is 24.9. The summed E-state index contributed by atoms with van der Waals surface area (Å²) in [7, 11) is 0.